The Balaban J connectivity index is 1.81. The number of nitrogens with zero attached hydrogens (tertiary/aromatic N) is 1. The topological polar surface area (TPSA) is 30.8 Å². The van der Waals surface area contributed by atoms with Crippen LogP contribution in [0.25, 0.3) is 6.08 Å². The number of aliphatic imine (C=N–C) groups is 1. The summed E-state index contributed by atoms with van der Waals surface area (Å²) in [5.41, 5.74) is 2.13. The number of ether oxygens (including phenoxy) is 2. The maximum Gasteiger partial charge on any atom is 0.387 e. The van der Waals surface area contributed by atoms with Gasteiger partial charge >= 0.3 is 6.61 Å². The van der Waals surface area contributed by atoms with Crippen LogP contribution in [-0.4, -0.2) is 18.9 Å². The third kappa shape index (κ3) is 5.37. The van der Waals surface area contributed by atoms with Gasteiger partial charge in [-0.2, -0.15) is 8.78 Å². The van der Waals surface area contributed by atoms with E-state index in [1.165, 1.54) is 6.07 Å². The molecule has 1 aliphatic heterocycles. The zero-order chi connectivity index (χ0) is 20.8. The van der Waals surface area contributed by atoms with Crippen LogP contribution in [0.1, 0.15) is 37.3 Å². The summed E-state index contributed by atoms with van der Waals surface area (Å²) in [5.74, 6) is -1.67. The minimum atomic E-state index is -2.97. The summed E-state index contributed by atoms with van der Waals surface area (Å²) in [4.78, 5) is 4.29. The van der Waals surface area contributed by atoms with E-state index in [0.29, 0.717) is 35.6 Å². The average Bonchev–Trinajstić information content (AvgIpc) is 3.06. The second-order valence-electron chi connectivity index (χ2n) is 6.62. The van der Waals surface area contributed by atoms with Gasteiger partial charge in [0.1, 0.15) is 0 Å². The zero-order valence-electron chi connectivity index (χ0n) is 15.9. The minimum Gasteiger partial charge on any atom is -0.489 e. The second kappa shape index (κ2) is 9.58. The van der Waals surface area contributed by atoms with Crippen molar-refractivity contribution in [2.45, 2.75) is 39.2 Å². The van der Waals surface area contributed by atoms with Crippen molar-refractivity contribution in [2.75, 3.05) is 6.61 Å². The van der Waals surface area contributed by atoms with E-state index in [1.807, 2.05) is 0 Å². The van der Waals surface area contributed by atoms with Gasteiger partial charge in [-0.25, -0.2) is 8.78 Å². The van der Waals surface area contributed by atoms with Gasteiger partial charge in [-0.3, -0.25) is 4.99 Å². The number of alkyl halides is 2. The Kier molecular flexibility index (Phi) is 6.90. The maximum atomic E-state index is 13.4. The molecule has 1 heterocycles. The molecule has 0 spiro atoms. The second-order valence-corrected chi connectivity index (χ2v) is 6.62. The standard InChI is InChI=1S/C22H21F4NO2/c1-2-3-4-10-28-21-14(6-5-7-20(21)29-22(25)26)8-9-16-11-15-12-17(23)18(24)13-19(15)27-16/h5-9,12-13,22H,2-4,10-11H2,1H3/b9-8+. The van der Waals surface area contributed by atoms with E-state index >= 15 is 0 Å². The van der Waals surface area contributed by atoms with E-state index in [-0.39, 0.29) is 11.5 Å². The van der Waals surface area contributed by atoms with Crippen molar-refractivity contribution in [3.8, 4) is 11.5 Å². The Morgan fingerprint density at radius 3 is 2.66 bits per heavy atom. The van der Waals surface area contributed by atoms with Gasteiger partial charge in [-0.1, -0.05) is 31.9 Å². The molecule has 0 saturated heterocycles. The van der Waals surface area contributed by atoms with E-state index in [1.54, 1.807) is 24.3 Å². The lowest BCUT2D eigenvalue weighted by atomic mass is 10.1. The highest BCUT2D eigenvalue weighted by atomic mass is 19.3. The molecule has 0 aliphatic carbocycles. The number of unbranched alkanes of at least 4 members (excludes halogenated alkanes) is 2. The van der Waals surface area contributed by atoms with Crippen molar-refractivity contribution in [1.82, 2.24) is 0 Å². The van der Waals surface area contributed by atoms with E-state index < -0.39 is 18.2 Å². The molecule has 0 unspecified atom stereocenters. The summed E-state index contributed by atoms with van der Waals surface area (Å²) in [5, 5.41) is 0. The quantitative estimate of drug-likeness (QED) is 0.352. The Morgan fingerprint density at radius 2 is 1.90 bits per heavy atom. The molecule has 0 saturated carbocycles. The summed E-state index contributed by atoms with van der Waals surface area (Å²) in [6.45, 7) is -0.533. The van der Waals surface area contributed by atoms with Crippen molar-refractivity contribution in [3.63, 3.8) is 0 Å². The Bertz CT molecular complexity index is 925. The Labute approximate surface area is 166 Å². The summed E-state index contributed by atoms with van der Waals surface area (Å²) in [6.07, 6.45) is 6.46. The third-order valence-corrected chi connectivity index (χ3v) is 4.43. The molecule has 0 aromatic heterocycles. The number of hydrogen-bond acceptors (Lipinski definition) is 3. The monoisotopic (exact) mass is 407 g/mol. The molecule has 2 aromatic rings. The average molecular weight is 407 g/mol. The molecule has 3 nitrogen and oxygen atoms in total. The van der Waals surface area contributed by atoms with Crippen LogP contribution >= 0.6 is 0 Å². The van der Waals surface area contributed by atoms with Gasteiger partial charge in [0, 0.05) is 23.8 Å². The smallest absolute Gasteiger partial charge is 0.387 e. The zero-order valence-corrected chi connectivity index (χ0v) is 15.9. The minimum absolute atomic E-state index is 0.0422. The maximum absolute atomic E-state index is 13.4. The van der Waals surface area contributed by atoms with Crippen molar-refractivity contribution in [1.29, 1.82) is 0 Å². The molecular weight excluding hydrogens is 386 g/mol. The van der Waals surface area contributed by atoms with Crippen LogP contribution in [0.15, 0.2) is 41.4 Å². The van der Waals surface area contributed by atoms with Crippen LogP contribution < -0.4 is 9.47 Å². The number of fused-ring (bicyclic) bond motifs is 1. The van der Waals surface area contributed by atoms with Gasteiger partial charge in [0.15, 0.2) is 23.1 Å². The van der Waals surface area contributed by atoms with Crippen LogP contribution in [0.3, 0.4) is 0 Å². The fourth-order valence-corrected chi connectivity index (χ4v) is 3.03. The predicted molar refractivity (Wildman–Crippen MR) is 104 cm³/mol. The summed E-state index contributed by atoms with van der Waals surface area (Å²) in [6, 6.07) is 6.92. The van der Waals surface area contributed by atoms with Crippen molar-refractivity contribution < 1.29 is 27.0 Å². The van der Waals surface area contributed by atoms with Crippen molar-refractivity contribution >= 4 is 17.5 Å². The van der Waals surface area contributed by atoms with Crippen LogP contribution in [0.4, 0.5) is 23.2 Å². The highest BCUT2D eigenvalue weighted by Gasteiger charge is 2.17. The lowest BCUT2D eigenvalue weighted by Gasteiger charge is -2.14. The van der Waals surface area contributed by atoms with Crippen LogP contribution in [-0.2, 0) is 6.42 Å². The third-order valence-electron chi connectivity index (χ3n) is 4.43. The van der Waals surface area contributed by atoms with Gasteiger partial charge < -0.3 is 9.47 Å². The molecule has 29 heavy (non-hydrogen) atoms. The van der Waals surface area contributed by atoms with Gasteiger partial charge in [0.25, 0.3) is 0 Å². The summed E-state index contributed by atoms with van der Waals surface area (Å²) in [7, 11) is 0. The summed E-state index contributed by atoms with van der Waals surface area (Å²) >= 11 is 0. The van der Waals surface area contributed by atoms with E-state index in [4.69, 9.17) is 4.74 Å². The number of allylic oxidation sites excluding steroid dienone is 1. The highest BCUT2D eigenvalue weighted by Crippen LogP contribution is 2.34. The molecule has 0 radical (unpaired) electrons. The SMILES string of the molecule is CCCCCOc1c(/C=C/C2=Nc3cc(F)c(F)cc3C2)cccc1OC(F)F. The van der Waals surface area contributed by atoms with Crippen LogP contribution in [0.2, 0.25) is 0 Å². The lowest BCUT2D eigenvalue weighted by molar-refractivity contribution is -0.0515. The first-order chi connectivity index (χ1) is 14.0. The molecule has 2 aromatic carbocycles. The molecule has 7 heteroatoms. The molecule has 0 amide bonds. The first kappa shape index (κ1) is 20.9. The Hall–Kier alpha value is -2.83. The molecular formula is C22H21F4NO2. The van der Waals surface area contributed by atoms with Gasteiger partial charge in [-0.15, -0.1) is 0 Å². The fourth-order valence-electron chi connectivity index (χ4n) is 3.03. The fraction of sp³-hybridized carbons (Fsp3) is 0.318. The number of para-hydroxylation sites is 1. The molecule has 0 bridgehead atoms. The van der Waals surface area contributed by atoms with E-state index in [2.05, 4.69) is 16.7 Å². The molecule has 3 rings (SSSR count). The van der Waals surface area contributed by atoms with Gasteiger partial charge in [-0.05, 0) is 36.3 Å². The number of benzene rings is 2. The molecule has 0 N–H and O–H groups in total. The first-order valence-electron chi connectivity index (χ1n) is 9.42. The highest BCUT2D eigenvalue weighted by molar-refractivity contribution is 6.04. The molecule has 0 fully saturated rings. The van der Waals surface area contributed by atoms with Crippen molar-refractivity contribution in [2.24, 2.45) is 4.99 Å². The van der Waals surface area contributed by atoms with E-state index in [0.717, 1.165) is 31.4 Å². The molecule has 0 atom stereocenters. The lowest BCUT2D eigenvalue weighted by Crippen LogP contribution is -2.06. The van der Waals surface area contributed by atoms with Crippen LogP contribution in [0, 0.1) is 11.6 Å². The summed E-state index contributed by atoms with van der Waals surface area (Å²) < 4.78 is 62.6. The molecule has 1 aliphatic rings. The van der Waals surface area contributed by atoms with Crippen LogP contribution in [0.5, 0.6) is 11.5 Å². The Morgan fingerprint density at radius 1 is 1.10 bits per heavy atom. The predicted octanol–water partition coefficient (Wildman–Crippen LogP) is 6.48. The molecule has 154 valence electrons. The normalized spacial score (nSPS) is 13.1. The van der Waals surface area contributed by atoms with Gasteiger partial charge in [0.05, 0.1) is 12.3 Å². The largest absolute Gasteiger partial charge is 0.489 e. The number of rotatable bonds is 9. The van der Waals surface area contributed by atoms with Crippen molar-refractivity contribution in [3.05, 3.63) is 59.2 Å². The number of hydrogen-bond donors (Lipinski definition) is 0. The number of halogens is 4. The first-order valence-corrected chi connectivity index (χ1v) is 9.42. The van der Waals surface area contributed by atoms with E-state index in [9.17, 15) is 17.6 Å². The van der Waals surface area contributed by atoms with Gasteiger partial charge in [0.2, 0.25) is 0 Å².